The van der Waals surface area contributed by atoms with Gasteiger partial charge < -0.3 is 19.6 Å². The van der Waals surface area contributed by atoms with E-state index in [0.717, 1.165) is 64.2 Å². The molecule has 0 N–H and O–H groups in total. The van der Waals surface area contributed by atoms with Gasteiger partial charge >= 0.3 is 0 Å². The van der Waals surface area contributed by atoms with E-state index >= 15 is 0 Å². The molecule has 0 radical (unpaired) electrons. The molecule has 6 heterocycles. The van der Waals surface area contributed by atoms with Gasteiger partial charge in [0, 0.05) is 66.6 Å². The molecule has 12 aromatic rings. The SMILES string of the molecule is CC(C)(C)c1ccc(N2c3cc4c(cc3B3c5c2cc(-c2ccc6c(c2)CCC(CC2(C)CCC(C)(C)c7cc8c(cc72)B2c7c(cc(-c9ccc%10c(c9)C(C)(C)CCC%10(C)C)cc7N(c7ccc(C(C)(C)C)cc7)c7sc9c(c72)C(C)(C)CCC9(C)C)N8c2ccc(C(C)(C)C)cc2)C6)cc5N(c2ccc(C(C)(C)C)cc2)c2sc5c(c23)C(C)(C)CCC5(C)C)C(C)(C)CCC4(C)C)cc1. The van der Waals surface area contributed by atoms with E-state index in [9.17, 15) is 0 Å². The van der Waals surface area contributed by atoms with Crippen molar-refractivity contribution in [2.75, 3.05) is 19.6 Å². The molecule has 0 saturated carbocycles. The third-order valence-corrected chi connectivity index (χ3v) is 39.8. The van der Waals surface area contributed by atoms with Crippen LogP contribution in [0.2, 0.25) is 0 Å². The quantitative estimate of drug-likeness (QED) is 0.141. The molecule has 6 aliphatic carbocycles. The van der Waals surface area contributed by atoms with E-state index in [1.807, 2.05) is 0 Å². The van der Waals surface area contributed by atoms with Crippen LogP contribution in [-0.4, -0.2) is 13.4 Å². The van der Waals surface area contributed by atoms with E-state index in [1.54, 1.807) is 37.4 Å². The van der Waals surface area contributed by atoms with Gasteiger partial charge in [0.05, 0.1) is 10.0 Å². The summed E-state index contributed by atoms with van der Waals surface area (Å²) in [5.41, 5.74) is 47.7. The number of hydrogen-bond acceptors (Lipinski definition) is 6. The van der Waals surface area contributed by atoms with E-state index < -0.39 is 0 Å². The normalized spacial score (nSPS) is 21.5. The maximum absolute atomic E-state index is 2.90. The van der Waals surface area contributed by atoms with E-state index in [4.69, 9.17) is 0 Å². The predicted octanol–water partition coefficient (Wildman–Crippen LogP) is 32.4. The zero-order chi connectivity index (χ0) is 96.5. The van der Waals surface area contributed by atoms with Crippen LogP contribution in [0.15, 0.2) is 182 Å². The predicted molar refractivity (Wildman–Crippen MR) is 593 cm³/mol. The second kappa shape index (κ2) is 30.0. The van der Waals surface area contributed by atoms with Crippen molar-refractivity contribution in [2.24, 2.45) is 5.92 Å². The molecule has 22 rings (SSSR count). The lowest BCUT2D eigenvalue weighted by Gasteiger charge is -2.49. The molecule has 702 valence electrons. The Labute approximate surface area is 827 Å². The largest absolute Gasteiger partial charge is 0.311 e. The van der Waals surface area contributed by atoms with Gasteiger partial charge in [-0.3, -0.25) is 0 Å². The zero-order valence-electron chi connectivity index (χ0n) is 88.6. The summed E-state index contributed by atoms with van der Waals surface area (Å²) < 4.78 is 0. The van der Waals surface area contributed by atoms with Gasteiger partial charge in [-0.2, -0.15) is 0 Å². The Hall–Kier alpha value is -9.07. The Morgan fingerprint density at radius 3 is 0.993 bits per heavy atom. The van der Waals surface area contributed by atoms with Crippen LogP contribution in [0.3, 0.4) is 0 Å². The summed E-state index contributed by atoms with van der Waals surface area (Å²) in [7, 11) is 0. The van der Waals surface area contributed by atoms with Gasteiger partial charge in [-0.25, -0.2) is 0 Å². The first-order chi connectivity index (χ1) is 63.4. The van der Waals surface area contributed by atoms with E-state index in [2.05, 4.69) is 439 Å². The van der Waals surface area contributed by atoms with Gasteiger partial charge in [-0.1, -0.05) is 312 Å². The summed E-state index contributed by atoms with van der Waals surface area (Å²) in [4.78, 5) is 14.3. The summed E-state index contributed by atoms with van der Waals surface area (Å²) >= 11 is 4.26. The molecule has 2 atom stereocenters. The molecular weight excluding hydrogens is 1680 g/mol. The molecule has 0 saturated heterocycles. The lowest BCUT2D eigenvalue weighted by atomic mass is 9.32. The fourth-order valence-electron chi connectivity index (χ4n) is 27.4. The highest BCUT2D eigenvalue weighted by Gasteiger charge is 2.57. The smallest absolute Gasteiger partial charge is 0.253 e. The van der Waals surface area contributed by atoms with E-state index in [1.165, 1.54) is 198 Å². The van der Waals surface area contributed by atoms with Crippen molar-refractivity contribution in [3.8, 4) is 22.3 Å². The van der Waals surface area contributed by atoms with Gasteiger partial charge in [-0.15, -0.1) is 22.7 Å². The fourth-order valence-corrected chi connectivity index (χ4v) is 30.7. The summed E-state index contributed by atoms with van der Waals surface area (Å²) in [5, 5.41) is 2.82. The van der Waals surface area contributed by atoms with Crippen LogP contribution in [0.1, 0.15) is 379 Å². The Balaban J connectivity index is 0.708. The number of thiophene rings is 2. The monoisotopic (exact) mass is 1830 g/mol. The molecule has 4 aliphatic heterocycles. The first-order valence-corrected chi connectivity index (χ1v) is 54.1. The molecule has 8 heteroatoms. The first kappa shape index (κ1) is 92.0. The van der Waals surface area contributed by atoms with Crippen molar-refractivity contribution in [1.82, 2.24) is 0 Å². The standard InChI is InChI=1S/C128H152B2N4S2/c1-115(2,3)83-37-45-87(46-38-83)131-99-73-94-93(121(17,18)56-57-122(94,19)20)71-97(99)129-107-101(131)67-81(69-103(107)133(89-49-41-85(42-50-89)117(7,8)9)113-109(129)105-111(135-113)126(27,28)60-58-124(105,23)24)79-35-34-77-64-76(32-33-78(77)65-79)75-128(31)63-62-123(21,22)95-74-100-98(72-96(95)128)130-108-102(132(100)88-47-39-84(40-48-88)116(4,5)6)68-82(80-36-53-91-92(66-80)120(15,16)55-54-119(91,13)14)70-104(108)134(90-51-43-86(44-52-90)118(10,11)12)114-110(130)106-112(136-114)127(29,30)61-59-125(106,25)26/h34-53,65-74,76H,32-33,54-64,75H2,1-31H3. The van der Waals surface area contributed by atoms with Crippen LogP contribution in [0.4, 0.5) is 66.9 Å². The topological polar surface area (TPSA) is 13.0 Å². The molecule has 2 aromatic heterocycles. The lowest BCUT2D eigenvalue weighted by molar-refractivity contribution is 0.246. The van der Waals surface area contributed by atoms with Gasteiger partial charge in [0.25, 0.3) is 13.4 Å². The van der Waals surface area contributed by atoms with E-state index in [-0.39, 0.29) is 89.2 Å². The molecular formula is C128H152B2N4S2. The van der Waals surface area contributed by atoms with Crippen LogP contribution in [0.5, 0.6) is 0 Å². The average molecular weight is 1830 g/mol. The number of fused-ring (bicyclic) bond motifs is 16. The van der Waals surface area contributed by atoms with Gasteiger partial charge in [0.2, 0.25) is 0 Å². The van der Waals surface area contributed by atoms with Gasteiger partial charge in [0.1, 0.15) is 0 Å². The van der Waals surface area contributed by atoms with Crippen molar-refractivity contribution < 1.29 is 0 Å². The molecule has 2 unspecified atom stereocenters. The Morgan fingerprint density at radius 2 is 0.596 bits per heavy atom. The highest BCUT2D eigenvalue weighted by atomic mass is 32.1. The summed E-state index contributed by atoms with van der Waals surface area (Å²) in [6.45, 7) is 77.1. The van der Waals surface area contributed by atoms with Crippen LogP contribution in [0.25, 0.3) is 22.3 Å². The second-order valence-corrected chi connectivity index (χ2v) is 56.8. The highest BCUT2D eigenvalue weighted by Crippen LogP contribution is 2.62. The summed E-state index contributed by atoms with van der Waals surface area (Å²) in [6, 6.07) is 76.7. The minimum atomic E-state index is -0.0893. The Bertz CT molecular complexity index is 6950. The van der Waals surface area contributed by atoms with Crippen molar-refractivity contribution in [3.63, 3.8) is 0 Å². The highest BCUT2D eigenvalue weighted by molar-refractivity contribution is 7.21. The maximum atomic E-state index is 2.90. The molecule has 136 heavy (non-hydrogen) atoms. The van der Waals surface area contributed by atoms with Crippen LogP contribution in [0, 0.1) is 5.92 Å². The number of rotatable bonds is 8. The molecule has 10 aliphatic rings. The number of benzene rings is 10. The lowest BCUT2D eigenvalue weighted by Crippen LogP contribution is -2.63. The van der Waals surface area contributed by atoms with Crippen molar-refractivity contribution in [1.29, 1.82) is 0 Å². The Kier molecular flexibility index (Phi) is 20.3. The zero-order valence-corrected chi connectivity index (χ0v) is 90.2. The third kappa shape index (κ3) is 14.3. The fraction of sp³-hybridized carbons (Fsp3) is 0.469. The van der Waals surface area contributed by atoms with Gasteiger partial charge in [0.15, 0.2) is 0 Å². The average Bonchev–Trinajstić information content (AvgIpc) is 1.08. The number of hydrogen-bond donors (Lipinski definition) is 0. The van der Waals surface area contributed by atoms with Crippen molar-refractivity contribution in [2.45, 2.75) is 380 Å². The maximum Gasteiger partial charge on any atom is 0.253 e. The van der Waals surface area contributed by atoms with Crippen LogP contribution < -0.4 is 52.4 Å². The van der Waals surface area contributed by atoms with Gasteiger partial charge in [-0.05, 0) is 389 Å². The molecule has 0 spiro atoms. The van der Waals surface area contributed by atoms with Crippen molar-refractivity contribution in [3.05, 3.63) is 270 Å². The molecule has 10 aromatic carbocycles. The van der Waals surface area contributed by atoms with Crippen LogP contribution in [-0.2, 0) is 88.7 Å². The molecule has 4 nitrogen and oxygen atoms in total. The summed E-state index contributed by atoms with van der Waals surface area (Å²) in [5.74, 6) is 0.507. The molecule has 0 fully saturated rings. The number of nitrogens with zero attached hydrogens (tertiary/aromatic N) is 4. The molecule has 0 amide bonds. The second-order valence-electron chi connectivity index (χ2n) is 54.8. The number of aryl methyl sites for hydroxylation is 1. The van der Waals surface area contributed by atoms with Crippen molar-refractivity contribution >= 4 is 136 Å². The summed E-state index contributed by atoms with van der Waals surface area (Å²) in [6.07, 6.45) is 16.1. The molecule has 0 bridgehead atoms. The first-order valence-electron chi connectivity index (χ1n) is 52.4. The minimum absolute atomic E-state index is 0.00145. The minimum Gasteiger partial charge on any atom is -0.311 e. The Morgan fingerprint density at radius 1 is 0.279 bits per heavy atom. The third-order valence-electron chi connectivity index (χ3n) is 36.7. The van der Waals surface area contributed by atoms with E-state index in [0.29, 0.717) is 5.92 Å². The number of anilines is 12. The van der Waals surface area contributed by atoms with Crippen LogP contribution >= 0.6 is 22.7 Å².